The minimum absolute atomic E-state index is 0.402. The predicted octanol–water partition coefficient (Wildman–Crippen LogP) is 5.22. The summed E-state index contributed by atoms with van der Waals surface area (Å²) in [7, 11) is 0. The van der Waals surface area contributed by atoms with E-state index in [4.69, 9.17) is 22.1 Å². The number of halogens is 1. The van der Waals surface area contributed by atoms with Crippen LogP contribution in [0.4, 0.5) is 10.5 Å². The molecule has 5 nitrogen and oxygen atoms in total. The molecule has 0 saturated carbocycles. The molecule has 31 heavy (non-hydrogen) atoms. The first-order valence-corrected chi connectivity index (χ1v) is 10.8. The lowest BCUT2D eigenvalue weighted by Gasteiger charge is -2.17. The monoisotopic (exact) mass is 435 g/mol. The van der Waals surface area contributed by atoms with Gasteiger partial charge in [-0.3, -0.25) is 0 Å². The van der Waals surface area contributed by atoms with E-state index < -0.39 is 6.03 Å². The van der Waals surface area contributed by atoms with Gasteiger partial charge < -0.3 is 21.1 Å². The Morgan fingerprint density at radius 2 is 1.90 bits per heavy atom. The third-order valence-electron chi connectivity index (χ3n) is 5.41. The fraction of sp³-hybridized carbons (Fsp3) is 0.240. The molecule has 0 aromatic heterocycles. The molecule has 1 aliphatic rings. The third kappa shape index (κ3) is 5.78. The quantitative estimate of drug-likeness (QED) is 0.476. The van der Waals surface area contributed by atoms with Crippen molar-refractivity contribution >= 4 is 23.3 Å². The van der Waals surface area contributed by atoms with Crippen LogP contribution in [0.2, 0.25) is 5.02 Å². The van der Waals surface area contributed by atoms with Crippen LogP contribution in [0.15, 0.2) is 66.7 Å². The molecule has 4 N–H and O–H groups in total. The number of primary amides is 1. The average Bonchev–Trinajstić information content (AvgIpc) is 3.27. The molecule has 2 amide bonds. The Kier molecular flexibility index (Phi) is 6.75. The van der Waals surface area contributed by atoms with Gasteiger partial charge in [0.1, 0.15) is 12.4 Å². The summed E-state index contributed by atoms with van der Waals surface area (Å²) in [4.78, 5) is 11.0. The van der Waals surface area contributed by atoms with Crippen LogP contribution in [0.3, 0.4) is 0 Å². The van der Waals surface area contributed by atoms with Gasteiger partial charge in [0.15, 0.2) is 0 Å². The van der Waals surface area contributed by atoms with E-state index >= 15 is 0 Å². The summed E-state index contributed by atoms with van der Waals surface area (Å²) in [6.45, 7) is 1.71. The van der Waals surface area contributed by atoms with Crippen molar-refractivity contribution < 1.29 is 9.53 Å². The molecular weight excluding hydrogens is 410 g/mol. The van der Waals surface area contributed by atoms with Crippen LogP contribution in [0, 0.1) is 0 Å². The van der Waals surface area contributed by atoms with E-state index in [-0.39, 0.29) is 0 Å². The molecule has 0 bridgehead atoms. The molecule has 0 aliphatic carbocycles. The number of hydrogen-bond donors (Lipinski definition) is 3. The summed E-state index contributed by atoms with van der Waals surface area (Å²) in [5, 5.41) is 6.75. The zero-order chi connectivity index (χ0) is 21.6. The summed E-state index contributed by atoms with van der Waals surface area (Å²) in [6.07, 6.45) is 3.10. The number of carbonyl (C=O) groups is 1. The molecule has 6 heteroatoms. The average molecular weight is 436 g/mol. The van der Waals surface area contributed by atoms with Crippen molar-refractivity contribution in [3.8, 4) is 16.9 Å². The lowest BCUT2D eigenvalue weighted by molar-refractivity contribution is 0.259. The summed E-state index contributed by atoms with van der Waals surface area (Å²) in [5.74, 6) is 0.862. The number of carbonyl (C=O) groups excluding carboxylic acids is 1. The Morgan fingerprint density at radius 1 is 1.10 bits per heavy atom. The van der Waals surface area contributed by atoms with E-state index in [1.54, 1.807) is 0 Å². The van der Waals surface area contributed by atoms with Crippen molar-refractivity contribution in [2.24, 2.45) is 5.73 Å². The molecular formula is C25H26ClN3O2. The van der Waals surface area contributed by atoms with Gasteiger partial charge in [-0.05, 0) is 78.9 Å². The molecule has 0 spiro atoms. The molecule has 1 heterocycles. The van der Waals surface area contributed by atoms with Gasteiger partial charge in [0.25, 0.3) is 0 Å². The van der Waals surface area contributed by atoms with Gasteiger partial charge in [0.2, 0.25) is 0 Å². The van der Waals surface area contributed by atoms with Crippen LogP contribution in [0.1, 0.15) is 24.0 Å². The van der Waals surface area contributed by atoms with E-state index in [9.17, 15) is 4.79 Å². The lowest BCUT2D eigenvalue weighted by Crippen LogP contribution is -2.28. The van der Waals surface area contributed by atoms with Crippen molar-refractivity contribution in [2.45, 2.75) is 25.3 Å². The highest BCUT2D eigenvalue weighted by Crippen LogP contribution is 2.33. The molecule has 160 valence electrons. The van der Waals surface area contributed by atoms with Crippen LogP contribution in [0.5, 0.6) is 5.75 Å². The van der Waals surface area contributed by atoms with Crippen LogP contribution in [-0.2, 0) is 6.42 Å². The first kappa shape index (κ1) is 21.2. The molecule has 1 aliphatic heterocycles. The smallest absolute Gasteiger partial charge is 0.316 e. The number of amides is 2. The van der Waals surface area contributed by atoms with E-state index in [1.165, 1.54) is 6.42 Å². The highest BCUT2D eigenvalue weighted by molar-refractivity contribution is 6.30. The minimum Gasteiger partial charge on any atom is -0.491 e. The zero-order valence-corrected chi connectivity index (χ0v) is 18.0. The van der Waals surface area contributed by atoms with Gasteiger partial charge in [0.05, 0.1) is 0 Å². The van der Waals surface area contributed by atoms with Crippen molar-refractivity contribution in [3.05, 3.63) is 82.9 Å². The largest absolute Gasteiger partial charge is 0.491 e. The molecule has 4 rings (SSSR count). The maximum atomic E-state index is 11.0. The molecule has 1 saturated heterocycles. The van der Waals surface area contributed by atoms with Crippen molar-refractivity contribution in [1.82, 2.24) is 5.32 Å². The Morgan fingerprint density at radius 3 is 2.61 bits per heavy atom. The Hall–Kier alpha value is -3.02. The predicted molar refractivity (Wildman–Crippen MR) is 126 cm³/mol. The van der Waals surface area contributed by atoms with Crippen LogP contribution >= 0.6 is 11.6 Å². The van der Waals surface area contributed by atoms with E-state index in [0.29, 0.717) is 23.4 Å². The summed E-state index contributed by atoms with van der Waals surface area (Å²) < 4.78 is 6.22. The molecule has 1 fully saturated rings. The topological polar surface area (TPSA) is 76.4 Å². The molecule has 1 atom stereocenters. The van der Waals surface area contributed by atoms with E-state index in [1.807, 2.05) is 48.5 Å². The number of anilines is 1. The van der Waals surface area contributed by atoms with Crippen LogP contribution in [0.25, 0.3) is 11.1 Å². The third-order valence-corrected chi connectivity index (χ3v) is 5.65. The lowest BCUT2D eigenvalue weighted by atomic mass is 9.98. The Bertz CT molecular complexity index is 1050. The van der Waals surface area contributed by atoms with Gasteiger partial charge in [0, 0.05) is 22.3 Å². The first-order chi connectivity index (χ1) is 15.1. The maximum Gasteiger partial charge on any atom is 0.316 e. The molecule has 0 radical (unpaired) electrons. The van der Waals surface area contributed by atoms with Crippen molar-refractivity contribution in [1.29, 1.82) is 0 Å². The van der Waals surface area contributed by atoms with E-state index in [2.05, 4.69) is 28.8 Å². The molecule has 0 unspecified atom stereocenters. The number of hydrogen-bond acceptors (Lipinski definition) is 3. The Labute approximate surface area is 187 Å². The fourth-order valence-corrected chi connectivity index (χ4v) is 4.06. The number of urea groups is 1. The number of ether oxygens (including phenoxy) is 1. The molecule has 3 aromatic carbocycles. The van der Waals surface area contributed by atoms with Crippen LogP contribution in [-0.4, -0.2) is 25.2 Å². The highest BCUT2D eigenvalue weighted by atomic mass is 35.5. The van der Waals surface area contributed by atoms with Crippen LogP contribution < -0.4 is 21.1 Å². The van der Waals surface area contributed by atoms with E-state index in [0.717, 1.165) is 47.4 Å². The first-order valence-electron chi connectivity index (χ1n) is 10.5. The number of benzene rings is 3. The number of rotatable bonds is 7. The van der Waals surface area contributed by atoms with Crippen molar-refractivity contribution in [2.75, 3.05) is 18.5 Å². The SMILES string of the molecule is NC(=O)Nc1ccc(Cc2ccc(OC[C@@H]3CCCN3)c(-c3cccc(Cl)c3)c2)cc1. The van der Waals surface area contributed by atoms with Gasteiger partial charge in [-0.15, -0.1) is 0 Å². The standard InChI is InChI=1S/C25H26ClN3O2/c26-20-4-1-3-19(15-20)23-14-18(8-11-24(23)31-16-22-5-2-12-28-22)13-17-6-9-21(10-7-17)29-25(27)30/h1,3-4,6-11,14-15,22,28H,2,5,12-13,16H2,(H3,27,29,30)/t22-/m0/s1. The normalized spacial score (nSPS) is 15.6. The Balaban J connectivity index is 1.57. The second-order valence-electron chi connectivity index (χ2n) is 7.81. The zero-order valence-electron chi connectivity index (χ0n) is 17.2. The number of nitrogens with two attached hydrogens (primary N) is 1. The van der Waals surface area contributed by atoms with Gasteiger partial charge in [-0.1, -0.05) is 41.9 Å². The minimum atomic E-state index is -0.567. The number of nitrogens with one attached hydrogen (secondary N) is 2. The molecule has 3 aromatic rings. The maximum absolute atomic E-state index is 11.0. The summed E-state index contributed by atoms with van der Waals surface area (Å²) >= 11 is 6.26. The summed E-state index contributed by atoms with van der Waals surface area (Å²) in [5.41, 5.74) is 10.2. The highest BCUT2D eigenvalue weighted by Gasteiger charge is 2.16. The fourth-order valence-electron chi connectivity index (χ4n) is 3.87. The second-order valence-corrected chi connectivity index (χ2v) is 8.24. The summed E-state index contributed by atoms with van der Waals surface area (Å²) in [6, 6.07) is 21.7. The van der Waals surface area contributed by atoms with Gasteiger partial charge >= 0.3 is 6.03 Å². The van der Waals surface area contributed by atoms with Gasteiger partial charge in [-0.25, -0.2) is 4.79 Å². The second kappa shape index (κ2) is 9.86. The van der Waals surface area contributed by atoms with Gasteiger partial charge in [-0.2, -0.15) is 0 Å². The van der Waals surface area contributed by atoms with Crippen molar-refractivity contribution in [3.63, 3.8) is 0 Å².